The molecule has 6 nitrogen and oxygen atoms in total. The number of rotatable bonds is 4. The number of benzene rings is 1. The second kappa shape index (κ2) is 7.64. The minimum Gasteiger partial charge on any atom is -0.339 e. The Kier molecular flexibility index (Phi) is 5.57. The van der Waals surface area contributed by atoms with Crippen molar-refractivity contribution in [3.05, 3.63) is 35.9 Å². The van der Waals surface area contributed by atoms with Crippen molar-refractivity contribution in [1.82, 2.24) is 20.4 Å². The molecule has 1 aliphatic heterocycles. The summed E-state index contributed by atoms with van der Waals surface area (Å²) >= 11 is 0. The summed E-state index contributed by atoms with van der Waals surface area (Å²) in [4.78, 5) is 27.2. The van der Waals surface area contributed by atoms with Crippen LogP contribution in [0, 0.1) is 0 Å². The number of hydrogen-bond donors (Lipinski definition) is 2. The minimum atomic E-state index is -0.234. The van der Waals surface area contributed by atoms with E-state index in [1.165, 1.54) is 4.90 Å². The van der Waals surface area contributed by atoms with E-state index in [9.17, 15) is 9.59 Å². The molecule has 0 aliphatic carbocycles. The van der Waals surface area contributed by atoms with Crippen molar-refractivity contribution in [2.45, 2.75) is 6.54 Å². The third-order valence-corrected chi connectivity index (χ3v) is 3.48. The number of urea groups is 1. The first kappa shape index (κ1) is 15.3. The number of hydrogen-bond acceptors (Lipinski definition) is 3. The molecule has 0 atom stereocenters. The SMILES string of the molecule is CN(CC(=O)N1CCNCC1)C(=O)NCc1ccccc1. The highest BCUT2D eigenvalue weighted by molar-refractivity contribution is 5.84. The van der Waals surface area contributed by atoms with Crippen LogP contribution < -0.4 is 10.6 Å². The maximum atomic E-state index is 12.1. The number of piperazine rings is 1. The summed E-state index contributed by atoms with van der Waals surface area (Å²) in [6.45, 7) is 3.62. The van der Waals surface area contributed by atoms with Gasteiger partial charge in [-0.15, -0.1) is 0 Å². The van der Waals surface area contributed by atoms with E-state index in [1.807, 2.05) is 30.3 Å². The van der Waals surface area contributed by atoms with Gasteiger partial charge in [-0.3, -0.25) is 4.79 Å². The molecule has 1 heterocycles. The van der Waals surface area contributed by atoms with Gasteiger partial charge in [-0.1, -0.05) is 30.3 Å². The third kappa shape index (κ3) is 4.75. The normalized spacial score (nSPS) is 14.6. The van der Waals surface area contributed by atoms with Gasteiger partial charge in [-0.2, -0.15) is 0 Å². The van der Waals surface area contributed by atoms with Crippen molar-refractivity contribution in [3.63, 3.8) is 0 Å². The first-order valence-electron chi connectivity index (χ1n) is 7.18. The van der Waals surface area contributed by atoms with Gasteiger partial charge in [-0.25, -0.2) is 4.79 Å². The molecule has 0 radical (unpaired) electrons. The molecule has 1 aromatic carbocycles. The molecule has 0 unspecified atom stereocenters. The molecular formula is C15H22N4O2. The standard InChI is InChI=1S/C15H22N4O2/c1-18(12-14(20)19-9-7-16-8-10-19)15(21)17-11-13-5-3-2-4-6-13/h2-6,16H,7-12H2,1H3,(H,17,21). The fourth-order valence-electron chi connectivity index (χ4n) is 2.20. The maximum Gasteiger partial charge on any atom is 0.317 e. The van der Waals surface area contributed by atoms with Gasteiger partial charge in [0.1, 0.15) is 6.54 Å². The Morgan fingerprint density at radius 1 is 1.24 bits per heavy atom. The van der Waals surface area contributed by atoms with Crippen LogP contribution in [0.25, 0.3) is 0 Å². The van der Waals surface area contributed by atoms with Crippen LogP contribution in [0.4, 0.5) is 4.79 Å². The number of carbonyl (C=O) groups is 2. The van der Waals surface area contributed by atoms with Crippen LogP contribution in [0.1, 0.15) is 5.56 Å². The Morgan fingerprint density at radius 2 is 1.90 bits per heavy atom. The first-order valence-corrected chi connectivity index (χ1v) is 7.18. The lowest BCUT2D eigenvalue weighted by molar-refractivity contribution is -0.132. The summed E-state index contributed by atoms with van der Waals surface area (Å²) in [5.41, 5.74) is 1.03. The quantitative estimate of drug-likeness (QED) is 0.836. The zero-order chi connectivity index (χ0) is 15.1. The first-order chi connectivity index (χ1) is 10.2. The molecule has 1 aliphatic rings. The fourth-order valence-corrected chi connectivity index (χ4v) is 2.20. The Balaban J connectivity index is 1.75. The van der Waals surface area contributed by atoms with Gasteiger partial charge in [0.25, 0.3) is 0 Å². The molecule has 2 N–H and O–H groups in total. The Morgan fingerprint density at radius 3 is 2.57 bits per heavy atom. The van der Waals surface area contributed by atoms with Crippen molar-refractivity contribution in [2.75, 3.05) is 39.8 Å². The molecule has 2 rings (SSSR count). The average molecular weight is 290 g/mol. The van der Waals surface area contributed by atoms with Crippen LogP contribution in [0.3, 0.4) is 0 Å². The molecule has 1 fully saturated rings. The molecule has 1 aromatic rings. The molecule has 0 bridgehead atoms. The molecule has 114 valence electrons. The molecule has 0 saturated carbocycles. The van der Waals surface area contributed by atoms with Crippen molar-refractivity contribution in [1.29, 1.82) is 0 Å². The van der Waals surface area contributed by atoms with Gasteiger partial charge < -0.3 is 20.4 Å². The van der Waals surface area contributed by atoms with Gasteiger partial charge in [0, 0.05) is 39.8 Å². The van der Waals surface area contributed by atoms with Crippen LogP contribution in [0.2, 0.25) is 0 Å². The van der Waals surface area contributed by atoms with Crippen LogP contribution in [0.15, 0.2) is 30.3 Å². The number of carbonyl (C=O) groups excluding carboxylic acids is 2. The van der Waals surface area contributed by atoms with Crippen LogP contribution >= 0.6 is 0 Å². The highest BCUT2D eigenvalue weighted by Crippen LogP contribution is 1.99. The largest absolute Gasteiger partial charge is 0.339 e. The summed E-state index contributed by atoms with van der Waals surface area (Å²) in [6, 6.07) is 9.46. The second-order valence-corrected chi connectivity index (χ2v) is 5.13. The van der Waals surface area contributed by atoms with E-state index >= 15 is 0 Å². The zero-order valence-corrected chi connectivity index (χ0v) is 12.3. The lowest BCUT2D eigenvalue weighted by Gasteiger charge is -2.29. The number of amides is 3. The van der Waals surface area contributed by atoms with Gasteiger partial charge >= 0.3 is 6.03 Å². The average Bonchev–Trinajstić information content (AvgIpc) is 2.54. The van der Waals surface area contributed by atoms with Crippen molar-refractivity contribution >= 4 is 11.9 Å². The lowest BCUT2D eigenvalue weighted by Crippen LogP contribution is -2.50. The predicted octanol–water partition coefficient (Wildman–Crippen LogP) is 0.260. The third-order valence-electron chi connectivity index (χ3n) is 3.48. The van der Waals surface area contributed by atoms with E-state index in [0.29, 0.717) is 19.6 Å². The van der Waals surface area contributed by atoms with Gasteiger partial charge in [0.15, 0.2) is 0 Å². The highest BCUT2D eigenvalue weighted by atomic mass is 16.2. The number of nitrogens with zero attached hydrogens (tertiary/aromatic N) is 2. The monoisotopic (exact) mass is 290 g/mol. The molecule has 1 saturated heterocycles. The minimum absolute atomic E-state index is 0.00568. The van der Waals surface area contributed by atoms with Crippen molar-refractivity contribution in [2.24, 2.45) is 0 Å². The van der Waals surface area contributed by atoms with E-state index in [-0.39, 0.29) is 18.5 Å². The van der Waals surface area contributed by atoms with Crippen molar-refractivity contribution in [3.8, 4) is 0 Å². The Labute approximate surface area is 125 Å². The van der Waals surface area contributed by atoms with E-state index < -0.39 is 0 Å². The van der Waals surface area contributed by atoms with Crippen LogP contribution in [0.5, 0.6) is 0 Å². The van der Waals surface area contributed by atoms with Gasteiger partial charge in [0.2, 0.25) is 5.91 Å². The Bertz CT molecular complexity index is 472. The smallest absolute Gasteiger partial charge is 0.317 e. The zero-order valence-electron chi connectivity index (χ0n) is 12.3. The molecule has 0 aromatic heterocycles. The summed E-state index contributed by atoms with van der Waals surface area (Å²) < 4.78 is 0. The summed E-state index contributed by atoms with van der Waals surface area (Å²) in [5.74, 6) is -0.00568. The number of nitrogens with one attached hydrogen (secondary N) is 2. The highest BCUT2D eigenvalue weighted by Gasteiger charge is 2.19. The molecule has 21 heavy (non-hydrogen) atoms. The van der Waals surface area contributed by atoms with Crippen LogP contribution in [-0.4, -0.2) is 61.5 Å². The Hall–Kier alpha value is -2.08. The van der Waals surface area contributed by atoms with Gasteiger partial charge in [-0.05, 0) is 5.56 Å². The van der Waals surface area contributed by atoms with Gasteiger partial charge in [0.05, 0.1) is 0 Å². The summed E-state index contributed by atoms with van der Waals surface area (Å²) in [6.07, 6.45) is 0. The fraction of sp³-hybridized carbons (Fsp3) is 0.467. The molecular weight excluding hydrogens is 268 g/mol. The number of likely N-dealkylation sites (N-methyl/N-ethyl adjacent to an activating group) is 1. The lowest BCUT2D eigenvalue weighted by atomic mass is 10.2. The maximum absolute atomic E-state index is 12.1. The molecule has 0 spiro atoms. The van der Waals surface area contributed by atoms with Crippen LogP contribution in [-0.2, 0) is 11.3 Å². The summed E-state index contributed by atoms with van der Waals surface area (Å²) in [7, 11) is 1.64. The summed E-state index contributed by atoms with van der Waals surface area (Å²) in [5, 5.41) is 6.01. The van der Waals surface area contributed by atoms with E-state index in [2.05, 4.69) is 10.6 Å². The van der Waals surface area contributed by atoms with E-state index in [0.717, 1.165) is 18.7 Å². The molecule has 6 heteroatoms. The predicted molar refractivity (Wildman–Crippen MR) is 80.8 cm³/mol. The topological polar surface area (TPSA) is 64.7 Å². The second-order valence-electron chi connectivity index (χ2n) is 5.13. The van der Waals surface area contributed by atoms with Crippen molar-refractivity contribution < 1.29 is 9.59 Å². The van der Waals surface area contributed by atoms with E-state index in [4.69, 9.17) is 0 Å². The molecule has 3 amide bonds. The van der Waals surface area contributed by atoms with E-state index in [1.54, 1.807) is 11.9 Å².